The fraction of sp³-hybridized carbons (Fsp3) is 0.500. The second kappa shape index (κ2) is 4.97. The Labute approximate surface area is 95.5 Å². The van der Waals surface area contributed by atoms with Crippen molar-refractivity contribution in [2.45, 2.75) is 31.7 Å². The first-order valence-corrected chi connectivity index (χ1v) is 5.80. The summed E-state index contributed by atoms with van der Waals surface area (Å²) in [6.45, 7) is 2.71. The van der Waals surface area contributed by atoms with Crippen molar-refractivity contribution in [2.75, 3.05) is 6.61 Å². The minimum absolute atomic E-state index is 0.508. The van der Waals surface area contributed by atoms with Crippen molar-refractivity contribution in [3.05, 3.63) is 34.9 Å². The highest BCUT2D eigenvalue weighted by molar-refractivity contribution is 6.30. The second-order valence-corrected chi connectivity index (χ2v) is 4.41. The van der Waals surface area contributed by atoms with E-state index in [-0.39, 0.29) is 0 Å². The lowest BCUT2D eigenvalue weighted by atomic mass is 9.76. The Bertz CT molecular complexity index is 323. The molecule has 0 amide bonds. The van der Waals surface area contributed by atoms with Crippen molar-refractivity contribution < 1.29 is 4.84 Å². The number of hydroxylamine groups is 1. The molecule has 2 rings (SSSR count). The van der Waals surface area contributed by atoms with E-state index < -0.39 is 0 Å². The SMILES string of the molecule is CCONC1CC(c2cccc(Cl)c2)C1. The van der Waals surface area contributed by atoms with Gasteiger partial charge in [0.2, 0.25) is 0 Å². The van der Waals surface area contributed by atoms with Crippen LogP contribution in [-0.2, 0) is 4.84 Å². The fourth-order valence-electron chi connectivity index (χ4n) is 1.95. The van der Waals surface area contributed by atoms with E-state index in [1.807, 2.05) is 19.1 Å². The molecule has 0 atom stereocenters. The molecule has 0 aliphatic heterocycles. The molecule has 3 heteroatoms. The predicted octanol–water partition coefficient (Wildman–Crippen LogP) is 3.13. The number of halogens is 1. The molecule has 0 spiro atoms. The Hall–Kier alpha value is -0.570. The molecule has 1 aromatic carbocycles. The van der Waals surface area contributed by atoms with Gasteiger partial charge in [-0.05, 0) is 43.4 Å². The molecule has 1 fully saturated rings. The minimum atomic E-state index is 0.508. The number of hydrogen-bond acceptors (Lipinski definition) is 2. The van der Waals surface area contributed by atoms with Gasteiger partial charge in [-0.1, -0.05) is 23.7 Å². The summed E-state index contributed by atoms with van der Waals surface area (Å²) in [5.41, 5.74) is 4.39. The van der Waals surface area contributed by atoms with Gasteiger partial charge in [-0.25, -0.2) is 0 Å². The van der Waals surface area contributed by atoms with Crippen LogP contribution in [0.4, 0.5) is 0 Å². The topological polar surface area (TPSA) is 21.3 Å². The zero-order valence-corrected chi connectivity index (χ0v) is 9.63. The molecule has 0 unspecified atom stereocenters. The van der Waals surface area contributed by atoms with Crippen LogP contribution < -0.4 is 5.48 Å². The molecular weight excluding hydrogens is 210 g/mol. The van der Waals surface area contributed by atoms with Crippen molar-refractivity contribution in [3.63, 3.8) is 0 Å². The van der Waals surface area contributed by atoms with Gasteiger partial charge in [-0.2, -0.15) is 5.48 Å². The first kappa shape index (κ1) is 10.9. The molecule has 0 bridgehead atoms. The maximum atomic E-state index is 5.95. The van der Waals surface area contributed by atoms with Gasteiger partial charge in [0.05, 0.1) is 6.61 Å². The van der Waals surface area contributed by atoms with E-state index in [1.165, 1.54) is 5.56 Å². The summed E-state index contributed by atoms with van der Waals surface area (Å²) in [6.07, 6.45) is 2.28. The van der Waals surface area contributed by atoms with Crippen LogP contribution >= 0.6 is 11.6 Å². The molecule has 0 saturated heterocycles. The molecule has 1 aliphatic carbocycles. The highest BCUT2D eigenvalue weighted by atomic mass is 35.5. The van der Waals surface area contributed by atoms with Crippen molar-refractivity contribution in [3.8, 4) is 0 Å². The lowest BCUT2D eigenvalue weighted by Crippen LogP contribution is -2.39. The molecule has 82 valence electrons. The molecule has 1 aliphatic rings. The lowest BCUT2D eigenvalue weighted by Gasteiger charge is -2.35. The smallest absolute Gasteiger partial charge is 0.0654 e. The maximum absolute atomic E-state index is 5.95. The highest BCUT2D eigenvalue weighted by Gasteiger charge is 2.30. The van der Waals surface area contributed by atoms with Gasteiger partial charge in [0.1, 0.15) is 0 Å². The van der Waals surface area contributed by atoms with E-state index in [0.717, 1.165) is 24.5 Å². The van der Waals surface area contributed by atoms with Crippen LogP contribution in [0.2, 0.25) is 5.02 Å². The van der Waals surface area contributed by atoms with E-state index in [0.29, 0.717) is 12.0 Å². The second-order valence-electron chi connectivity index (χ2n) is 3.97. The monoisotopic (exact) mass is 225 g/mol. The van der Waals surface area contributed by atoms with Crippen LogP contribution in [-0.4, -0.2) is 12.6 Å². The van der Waals surface area contributed by atoms with Crippen LogP contribution in [0.25, 0.3) is 0 Å². The van der Waals surface area contributed by atoms with E-state index >= 15 is 0 Å². The van der Waals surface area contributed by atoms with Crippen LogP contribution in [0.15, 0.2) is 24.3 Å². The standard InChI is InChI=1S/C12H16ClNO/c1-2-15-14-12-7-10(8-12)9-4-3-5-11(13)6-9/h3-6,10,12,14H,2,7-8H2,1H3. The van der Waals surface area contributed by atoms with Gasteiger partial charge < -0.3 is 4.84 Å². The Morgan fingerprint density at radius 3 is 2.93 bits per heavy atom. The third-order valence-electron chi connectivity index (χ3n) is 2.85. The van der Waals surface area contributed by atoms with Crippen molar-refractivity contribution >= 4 is 11.6 Å². The number of nitrogens with one attached hydrogen (secondary N) is 1. The van der Waals surface area contributed by atoms with Gasteiger partial charge >= 0.3 is 0 Å². The normalized spacial score (nSPS) is 24.9. The van der Waals surface area contributed by atoms with Gasteiger partial charge in [-0.15, -0.1) is 0 Å². The van der Waals surface area contributed by atoms with Gasteiger partial charge in [0, 0.05) is 11.1 Å². The Morgan fingerprint density at radius 1 is 1.47 bits per heavy atom. The fourth-order valence-corrected chi connectivity index (χ4v) is 2.15. The van der Waals surface area contributed by atoms with Gasteiger partial charge in [-0.3, -0.25) is 0 Å². The van der Waals surface area contributed by atoms with E-state index in [1.54, 1.807) is 0 Å². The number of rotatable bonds is 4. The van der Waals surface area contributed by atoms with Gasteiger partial charge in [0.15, 0.2) is 0 Å². The first-order valence-electron chi connectivity index (χ1n) is 5.42. The third-order valence-corrected chi connectivity index (χ3v) is 3.09. The average Bonchev–Trinajstić information content (AvgIpc) is 2.16. The molecule has 2 nitrogen and oxygen atoms in total. The Balaban J connectivity index is 1.84. The minimum Gasteiger partial charge on any atom is -0.302 e. The van der Waals surface area contributed by atoms with Crippen molar-refractivity contribution in [2.24, 2.45) is 0 Å². The van der Waals surface area contributed by atoms with Crippen LogP contribution in [0.3, 0.4) is 0 Å². The first-order chi connectivity index (χ1) is 7.29. The van der Waals surface area contributed by atoms with E-state index in [4.69, 9.17) is 16.4 Å². The van der Waals surface area contributed by atoms with Gasteiger partial charge in [0.25, 0.3) is 0 Å². The zero-order chi connectivity index (χ0) is 10.7. The Kier molecular flexibility index (Phi) is 3.62. The molecule has 15 heavy (non-hydrogen) atoms. The van der Waals surface area contributed by atoms with Crippen LogP contribution in [0.5, 0.6) is 0 Å². The highest BCUT2D eigenvalue weighted by Crippen LogP contribution is 2.37. The van der Waals surface area contributed by atoms with E-state index in [9.17, 15) is 0 Å². The summed E-state index contributed by atoms with van der Waals surface area (Å²) in [5, 5.41) is 0.828. The summed E-state index contributed by atoms with van der Waals surface area (Å²) in [5.74, 6) is 0.640. The molecular formula is C12H16ClNO. The summed E-state index contributed by atoms with van der Waals surface area (Å²) >= 11 is 5.95. The maximum Gasteiger partial charge on any atom is 0.0654 e. The summed E-state index contributed by atoms with van der Waals surface area (Å²) in [7, 11) is 0. The van der Waals surface area contributed by atoms with Crippen LogP contribution in [0, 0.1) is 0 Å². The summed E-state index contributed by atoms with van der Waals surface area (Å²) in [4.78, 5) is 5.17. The largest absolute Gasteiger partial charge is 0.302 e. The molecule has 1 N–H and O–H groups in total. The van der Waals surface area contributed by atoms with Crippen LogP contribution in [0.1, 0.15) is 31.2 Å². The van der Waals surface area contributed by atoms with Crippen molar-refractivity contribution in [1.82, 2.24) is 5.48 Å². The molecule has 0 radical (unpaired) electrons. The predicted molar refractivity (Wildman–Crippen MR) is 62.0 cm³/mol. The Morgan fingerprint density at radius 2 is 2.27 bits per heavy atom. The average molecular weight is 226 g/mol. The third kappa shape index (κ3) is 2.71. The van der Waals surface area contributed by atoms with E-state index in [2.05, 4.69) is 17.6 Å². The van der Waals surface area contributed by atoms with Crippen molar-refractivity contribution in [1.29, 1.82) is 0 Å². The zero-order valence-electron chi connectivity index (χ0n) is 8.87. The molecule has 0 heterocycles. The number of benzene rings is 1. The molecule has 1 saturated carbocycles. The quantitative estimate of drug-likeness (QED) is 0.795. The molecule has 0 aromatic heterocycles. The number of hydrogen-bond donors (Lipinski definition) is 1. The summed E-state index contributed by atoms with van der Waals surface area (Å²) < 4.78 is 0. The lowest BCUT2D eigenvalue weighted by molar-refractivity contribution is -0.00157. The summed E-state index contributed by atoms with van der Waals surface area (Å²) in [6, 6.07) is 8.64. The molecule has 1 aromatic rings.